The smallest absolute Gasteiger partial charge is 0.258 e. The highest BCUT2D eigenvalue weighted by Crippen LogP contribution is 2.39. The lowest BCUT2D eigenvalue weighted by Gasteiger charge is -2.30. The van der Waals surface area contributed by atoms with Crippen molar-refractivity contribution in [3.8, 4) is 5.75 Å². The molecule has 2 aliphatic heterocycles. The van der Waals surface area contributed by atoms with E-state index in [1.54, 1.807) is 47.8 Å². The van der Waals surface area contributed by atoms with Crippen LogP contribution in [-0.4, -0.2) is 122 Å². The van der Waals surface area contributed by atoms with E-state index in [-0.39, 0.29) is 105 Å². The molecule has 0 unspecified atom stereocenters. The second-order valence-corrected chi connectivity index (χ2v) is 26.6. The van der Waals surface area contributed by atoms with Gasteiger partial charge in [0.05, 0.1) is 50.7 Å². The van der Waals surface area contributed by atoms with Crippen LogP contribution in [0.1, 0.15) is 71.1 Å². The molecule has 5 aromatic carbocycles. The Morgan fingerprint density at radius 1 is 0.772 bits per heavy atom. The van der Waals surface area contributed by atoms with Gasteiger partial charge >= 0.3 is 0 Å². The molecule has 8 rings (SSSR count). The first-order chi connectivity index (χ1) is 38.0. The second-order valence-electron chi connectivity index (χ2n) is 19.3. The highest BCUT2D eigenvalue weighted by Gasteiger charge is 2.35. The van der Waals surface area contributed by atoms with Crippen LogP contribution in [0.2, 0.25) is 5.02 Å². The van der Waals surface area contributed by atoms with E-state index in [0.717, 1.165) is 77.6 Å². The minimum atomic E-state index is -4.11. The van der Waals surface area contributed by atoms with Gasteiger partial charge in [0.15, 0.2) is 6.61 Å². The third-order valence-corrected chi connectivity index (χ3v) is 19.7. The highest BCUT2D eigenvalue weighted by atomic mass is 127. The van der Waals surface area contributed by atoms with Crippen LogP contribution in [-0.2, 0) is 52.2 Å². The van der Waals surface area contributed by atoms with Crippen molar-refractivity contribution in [3.05, 3.63) is 142 Å². The van der Waals surface area contributed by atoms with E-state index in [0.29, 0.717) is 42.1 Å². The number of nitrogens with one attached hydrogen (secondary N) is 5. The number of ether oxygens (including phenoxy) is 3. The molecular weight excluding hydrogens is 1320 g/mol. The second kappa shape index (κ2) is 28.5. The van der Waals surface area contributed by atoms with E-state index in [4.69, 9.17) is 25.8 Å². The number of hydrogen-bond acceptors (Lipinski definition) is 12. The van der Waals surface area contributed by atoms with Gasteiger partial charge in [0.2, 0.25) is 20.0 Å². The molecule has 1 saturated heterocycles. The third-order valence-electron chi connectivity index (χ3n) is 13.8. The summed E-state index contributed by atoms with van der Waals surface area (Å²) in [6.45, 7) is 3.27. The Kier molecular flexibility index (Phi) is 21.9. The summed E-state index contributed by atoms with van der Waals surface area (Å²) in [5, 5.41) is 15.5. The van der Waals surface area contributed by atoms with E-state index in [1.807, 2.05) is 42.5 Å². The minimum Gasteiger partial charge on any atom is -0.481 e. The molecule has 0 radical (unpaired) electrons. The van der Waals surface area contributed by atoms with Gasteiger partial charge in [0.25, 0.3) is 17.7 Å². The number of fused-ring (bicyclic) bond motifs is 1. The zero-order valence-electron chi connectivity index (χ0n) is 43.5. The zero-order chi connectivity index (χ0) is 56.1. The van der Waals surface area contributed by atoms with Gasteiger partial charge in [-0.25, -0.2) is 16.8 Å². The minimum absolute atomic E-state index is 0.00755. The lowest BCUT2D eigenvalue weighted by atomic mass is 9.98. The van der Waals surface area contributed by atoms with Crippen LogP contribution in [0.25, 0.3) is 11.6 Å². The SMILES string of the molecule is CNc1cc(CN(CC2CCNCC2)S(=O)(=O)c2ccc(S(=O)(=O)N(Cc3ccc(Cl)cc3)C3CCCC3)cc2)ccc1C(=O)NCCOCCOCCNC(=O)COc1c(Br)cc(/C=C2\C(=O)Nc3ccc(I)cc32)cc1Br. The van der Waals surface area contributed by atoms with Gasteiger partial charge in [-0.05, 0) is 201 Å². The van der Waals surface area contributed by atoms with Crippen LogP contribution in [0.4, 0.5) is 11.4 Å². The number of rotatable bonds is 26. The lowest BCUT2D eigenvalue weighted by Crippen LogP contribution is -2.39. The van der Waals surface area contributed by atoms with Crippen molar-refractivity contribution in [2.45, 2.75) is 67.4 Å². The molecule has 17 nitrogen and oxygen atoms in total. The summed E-state index contributed by atoms with van der Waals surface area (Å²) in [5.41, 5.74) is 5.29. The molecule has 2 heterocycles. The molecule has 1 saturated carbocycles. The predicted octanol–water partition coefficient (Wildman–Crippen LogP) is 9.29. The van der Waals surface area contributed by atoms with Crippen molar-refractivity contribution in [2.24, 2.45) is 5.92 Å². The summed E-state index contributed by atoms with van der Waals surface area (Å²) in [6.07, 6.45) is 6.79. The maximum absolute atomic E-state index is 14.6. The number of anilines is 2. The first-order valence-electron chi connectivity index (χ1n) is 26.0. The third kappa shape index (κ3) is 16.2. The molecule has 23 heteroatoms. The fraction of sp³-hybridized carbons (Fsp3) is 0.375. The van der Waals surface area contributed by atoms with Crippen molar-refractivity contribution in [3.63, 3.8) is 0 Å². The number of piperidine rings is 1. The molecule has 0 aromatic heterocycles. The molecule has 3 aliphatic rings. The van der Waals surface area contributed by atoms with Crippen LogP contribution >= 0.6 is 66.1 Å². The maximum atomic E-state index is 14.6. The van der Waals surface area contributed by atoms with Crippen molar-refractivity contribution >= 4 is 127 Å². The van der Waals surface area contributed by atoms with Crippen LogP contribution in [0.5, 0.6) is 5.75 Å². The van der Waals surface area contributed by atoms with E-state index in [9.17, 15) is 31.2 Å². The van der Waals surface area contributed by atoms with Gasteiger partial charge in [0.1, 0.15) is 5.75 Å². The van der Waals surface area contributed by atoms with E-state index >= 15 is 0 Å². The number of hydrogen-bond donors (Lipinski definition) is 5. The topological polar surface area (TPSA) is 214 Å². The van der Waals surface area contributed by atoms with E-state index < -0.39 is 20.0 Å². The summed E-state index contributed by atoms with van der Waals surface area (Å²) in [5.74, 6) is -0.304. The molecule has 79 heavy (non-hydrogen) atoms. The number of benzene rings is 5. The predicted molar refractivity (Wildman–Crippen MR) is 322 cm³/mol. The van der Waals surface area contributed by atoms with Gasteiger partial charge in [-0.1, -0.05) is 42.6 Å². The molecule has 422 valence electrons. The van der Waals surface area contributed by atoms with E-state index in [1.165, 1.54) is 28.6 Å². The lowest BCUT2D eigenvalue weighted by molar-refractivity contribution is -0.123. The molecule has 2 fully saturated rings. The summed E-state index contributed by atoms with van der Waals surface area (Å²) >= 11 is 15.4. The molecule has 3 amide bonds. The van der Waals surface area contributed by atoms with Gasteiger partial charge in [-0.15, -0.1) is 0 Å². The first-order valence-corrected chi connectivity index (χ1v) is 32.0. The average molecular weight is 1380 g/mol. The quantitative estimate of drug-likeness (QED) is 0.0199. The van der Waals surface area contributed by atoms with Crippen molar-refractivity contribution in [2.75, 3.05) is 83.4 Å². The number of amides is 3. The van der Waals surface area contributed by atoms with Gasteiger partial charge in [-0.2, -0.15) is 8.61 Å². The Morgan fingerprint density at radius 2 is 1.41 bits per heavy atom. The summed E-state index contributed by atoms with van der Waals surface area (Å²) < 4.78 is 79.9. The Hall–Kier alpha value is -4.47. The van der Waals surface area contributed by atoms with Crippen LogP contribution in [0.3, 0.4) is 0 Å². The number of carbonyl (C=O) groups is 3. The van der Waals surface area contributed by atoms with Gasteiger partial charge in [-0.3, -0.25) is 14.4 Å². The summed E-state index contributed by atoms with van der Waals surface area (Å²) in [7, 11) is -6.41. The van der Waals surface area contributed by atoms with Crippen LogP contribution in [0.15, 0.2) is 116 Å². The fourth-order valence-corrected chi connectivity index (χ4v) is 15.0. The maximum Gasteiger partial charge on any atom is 0.258 e. The number of nitrogens with zero attached hydrogens (tertiary/aromatic N) is 2. The Morgan fingerprint density at radius 3 is 2.06 bits per heavy atom. The standard InChI is InChI=1S/C56H63Br2ClIN7O10S2/c1-61-52-31-39(34-66(33-38-18-20-62-21-19-38)78(71,72)44-12-14-45(15-13-44)79(73,74)67(43-4-2-3-5-43)35-37-6-9-41(59)10-7-37)8-16-46(52)55(69)64-23-25-76-27-26-75-24-22-63-53(68)36-77-54-49(57)29-40(30-50(54)58)28-48-47-32-42(60)11-17-51(47)65-56(48)70/h6-17,28-32,38,43,61-62H,2-5,18-27,33-36H2,1H3,(H,63,68)(H,64,69)(H,65,70)/b48-28-. The Bertz CT molecular complexity index is 3220. The van der Waals surface area contributed by atoms with Crippen molar-refractivity contribution < 1.29 is 45.4 Å². The molecular formula is C56H63Br2ClIN7O10S2. The van der Waals surface area contributed by atoms with Gasteiger partial charge < -0.3 is 40.8 Å². The largest absolute Gasteiger partial charge is 0.481 e. The zero-order valence-corrected chi connectivity index (χ0v) is 51.2. The molecule has 5 N–H and O–H groups in total. The van der Waals surface area contributed by atoms with Crippen molar-refractivity contribution in [1.82, 2.24) is 24.6 Å². The summed E-state index contributed by atoms with van der Waals surface area (Å²) in [6, 6.07) is 27.1. The molecule has 0 spiro atoms. The number of halogens is 4. The molecule has 0 bridgehead atoms. The van der Waals surface area contributed by atoms with Gasteiger partial charge in [0, 0.05) is 76.9 Å². The first kappa shape index (κ1) is 60.6. The number of sulfonamides is 2. The molecule has 0 atom stereocenters. The Balaban J connectivity index is 0.775. The molecule has 5 aromatic rings. The van der Waals surface area contributed by atoms with Crippen LogP contribution in [0, 0.1) is 9.49 Å². The van der Waals surface area contributed by atoms with Crippen molar-refractivity contribution in [1.29, 1.82) is 0 Å². The average Bonchev–Trinajstić information content (AvgIpc) is 4.20. The summed E-state index contributed by atoms with van der Waals surface area (Å²) in [4.78, 5) is 38.6. The Labute approximate surface area is 497 Å². The molecule has 1 aliphatic carbocycles. The van der Waals surface area contributed by atoms with Crippen LogP contribution < -0.4 is 31.3 Å². The highest BCUT2D eigenvalue weighted by molar-refractivity contribution is 14.1. The fourth-order valence-electron chi connectivity index (χ4n) is 9.71. The monoisotopic (exact) mass is 1380 g/mol. The normalized spacial score (nSPS) is 15.6. The van der Waals surface area contributed by atoms with E-state index in [2.05, 4.69) is 81.0 Å². The number of carbonyl (C=O) groups excluding carboxylic acids is 3.